The molecule has 1 aliphatic carbocycles. The number of aliphatic hydroxyl groups is 1. The van der Waals surface area contributed by atoms with Crippen LogP contribution in [0.4, 0.5) is 5.69 Å². The summed E-state index contributed by atoms with van der Waals surface area (Å²) in [6.07, 6.45) is 10.1. The first-order valence-corrected chi connectivity index (χ1v) is 14.0. The van der Waals surface area contributed by atoms with E-state index in [1.165, 1.54) is 29.6 Å². The van der Waals surface area contributed by atoms with E-state index in [1.54, 1.807) is 6.92 Å². The Morgan fingerprint density at radius 1 is 1.11 bits per heavy atom. The number of benzene rings is 1. The summed E-state index contributed by atoms with van der Waals surface area (Å²) >= 11 is 0. The van der Waals surface area contributed by atoms with Gasteiger partial charge in [0.25, 0.3) is 5.91 Å². The minimum atomic E-state index is 0.155. The van der Waals surface area contributed by atoms with Crippen LogP contribution in [0.25, 0.3) is 0 Å². The number of nitrogens with one attached hydrogen (secondary N) is 1. The molecule has 7 heteroatoms. The van der Waals surface area contributed by atoms with E-state index in [0.717, 1.165) is 89.9 Å². The van der Waals surface area contributed by atoms with Gasteiger partial charge in [-0.15, -0.1) is 0 Å². The van der Waals surface area contributed by atoms with Crippen LogP contribution in [0.5, 0.6) is 0 Å². The molecule has 0 unspecified atom stereocenters. The van der Waals surface area contributed by atoms with Crippen LogP contribution in [-0.2, 0) is 10.2 Å². The van der Waals surface area contributed by atoms with Gasteiger partial charge in [0, 0.05) is 82.6 Å². The van der Waals surface area contributed by atoms with Gasteiger partial charge in [-0.25, -0.2) is 0 Å². The molecule has 7 nitrogen and oxygen atoms in total. The van der Waals surface area contributed by atoms with Crippen LogP contribution in [0.1, 0.15) is 61.4 Å². The number of nitrogens with zero attached hydrogens (tertiary/aromatic N) is 3. The van der Waals surface area contributed by atoms with Crippen molar-refractivity contribution in [1.82, 2.24) is 14.7 Å². The Kier molecular flexibility index (Phi) is 9.11. The molecule has 2 N–H and O–H groups in total. The molecule has 0 bridgehead atoms. The number of allylic oxidation sites excluding steroid dienone is 1. The summed E-state index contributed by atoms with van der Waals surface area (Å²) in [7, 11) is 1.00. The molecule has 1 aromatic carbocycles. The fraction of sp³-hybridized carbons (Fsp3) is 0.548. The lowest BCUT2D eigenvalue weighted by Crippen LogP contribution is -2.45. The minimum Gasteiger partial charge on any atom is -0.400 e. The maximum Gasteiger partial charge on any atom is 0.254 e. The summed E-state index contributed by atoms with van der Waals surface area (Å²) in [4.78, 5) is 31.7. The van der Waals surface area contributed by atoms with E-state index in [1.807, 2.05) is 17.1 Å². The standard InChI is InChI=1S/C30H40N4O2.CH4O/c1-4-23-9-16-32(20-24(23)5-2)14-6-15-34-21-30(12-13-30)28-8-7-26(19-27(28)29(34)36)31-25-10-17-33(18-11-25)22(3)35;1-2/h4-5,7-8,19,25,31H,1-2,6,9-18,20-21H2,3H3;2H,1H3. The maximum atomic E-state index is 13.6. The van der Waals surface area contributed by atoms with E-state index in [0.29, 0.717) is 6.04 Å². The lowest BCUT2D eigenvalue weighted by molar-refractivity contribution is -0.129. The Balaban J connectivity index is 0.00000164. The van der Waals surface area contributed by atoms with E-state index in [9.17, 15) is 9.59 Å². The number of hydrogen-bond donors (Lipinski definition) is 2. The molecule has 5 rings (SSSR count). The Bertz CT molecular complexity index is 1080. The average Bonchev–Trinajstić information content (AvgIpc) is 3.72. The predicted molar refractivity (Wildman–Crippen MR) is 153 cm³/mol. The van der Waals surface area contributed by atoms with Gasteiger partial charge in [0.1, 0.15) is 0 Å². The summed E-state index contributed by atoms with van der Waals surface area (Å²) in [5.74, 6) is 0.332. The molecule has 1 spiro atoms. The van der Waals surface area contributed by atoms with Crippen molar-refractivity contribution in [2.24, 2.45) is 0 Å². The first-order valence-electron chi connectivity index (χ1n) is 14.0. The largest absolute Gasteiger partial charge is 0.400 e. The van der Waals surface area contributed by atoms with Crippen molar-refractivity contribution in [3.8, 4) is 0 Å². The average molecular weight is 521 g/mol. The van der Waals surface area contributed by atoms with Gasteiger partial charge in [0.05, 0.1) is 0 Å². The number of piperidine rings is 1. The summed E-state index contributed by atoms with van der Waals surface area (Å²) in [6, 6.07) is 6.77. The molecule has 0 atom stereocenters. The summed E-state index contributed by atoms with van der Waals surface area (Å²) in [5.41, 5.74) is 5.91. The SMILES string of the molecule is C=CC1=C(C=C)CN(CCCN2CC3(CC3)c3ccc(NC4CCN(C(C)=O)CC4)cc3C2=O)CC1.CO. The summed E-state index contributed by atoms with van der Waals surface area (Å²) in [5, 5.41) is 10.6. The van der Waals surface area contributed by atoms with Crippen molar-refractivity contribution in [1.29, 1.82) is 0 Å². The molecule has 206 valence electrons. The van der Waals surface area contributed by atoms with Gasteiger partial charge in [0.2, 0.25) is 5.91 Å². The van der Waals surface area contributed by atoms with Crippen molar-refractivity contribution >= 4 is 17.5 Å². The second kappa shape index (κ2) is 12.3. The molecular weight excluding hydrogens is 476 g/mol. The minimum absolute atomic E-state index is 0.155. The van der Waals surface area contributed by atoms with Crippen LogP contribution in [0, 0.1) is 0 Å². The highest BCUT2D eigenvalue weighted by atomic mass is 16.2. The van der Waals surface area contributed by atoms with Crippen LogP contribution >= 0.6 is 0 Å². The summed E-state index contributed by atoms with van der Waals surface area (Å²) < 4.78 is 0. The van der Waals surface area contributed by atoms with Gasteiger partial charge < -0.3 is 20.2 Å². The van der Waals surface area contributed by atoms with Crippen molar-refractivity contribution in [2.75, 3.05) is 58.2 Å². The lowest BCUT2D eigenvalue weighted by Gasteiger charge is -2.36. The molecule has 1 saturated carbocycles. The van der Waals surface area contributed by atoms with Crippen LogP contribution in [0.2, 0.25) is 0 Å². The van der Waals surface area contributed by atoms with Gasteiger partial charge in [-0.1, -0.05) is 31.4 Å². The van der Waals surface area contributed by atoms with Crippen molar-refractivity contribution in [3.63, 3.8) is 0 Å². The highest BCUT2D eigenvalue weighted by Crippen LogP contribution is 2.52. The molecule has 4 aliphatic rings. The first-order chi connectivity index (χ1) is 18.4. The summed E-state index contributed by atoms with van der Waals surface area (Å²) in [6.45, 7) is 15.8. The fourth-order valence-electron chi connectivity index (χ4n) is 6.26. The third-order valence-electron chi connectivity index (χ3n) is 8.67. The number of anilines is 1. The van der Waals surface area contributed by atoms with Crippen LogP contribution < -0.4 is 5.32 Å². The topological polar surface area (TPSA) is 76.1 Å². The second-order valence-corrected chi connectivity index (χ2v) is 11.0. The monoisotopic (exact) mass is 520 g/mol. The molecule has 2 amide bonds. The van der Waals surface area contributed by atoms with E-state index in [-0.39, 0.29) is 17.2 Å². The second-order valence-electron chi connectivity index (χ2n) is 11.0. The van der Waals surface area contributed by atoms with Gasteiger partial charge in [-0.05, 0) is 67.4 Å². The van der Waals surface area contributed by atoms with Crippen molar-refractivity contribution in [3.05, 3.63) is 65.8 Å². The molecule has 3 heterocycles. The molecule has 0 radical (unpaired) electrons. The first kappa shape index (κ1) is 28.1. The molecule has 1 saturated heterocycles. The lowest BCUT2D eigenvalue weighted by atomic mass is 9.86. The molecular formula is C31H44N4O3. The number of fused-ring (bicyclic) bond motifs is 2. The molecule has 2 fully saturated rings. The van der Waals surface area contributed by atoms with Crippen LogP contribution in [0.3, 0.4) is 0 Å². The number of hydrogen-bond acceptors (Lipinski definition) is 5. The highest BCUT2D eigenvalue weighted by Gasteiger charge is 2.51. The van der Waals surface area contributed by atoms with Gasteiger partial charge in [-0.3, -0.25) is 14.5 Å². The number of carbonyl (C=O) groups is 2. The molecule has 3 aliphatic heterocycles. The smallest absolute Gasteiger partial charge is 0.254 e. The number of aliphatic hydroxyl groups excluding tert-OH is 1. The van der Waals surface area contributed by atoms with Gasteiger partial charge >= 0.3 is 0 Å². The number of likely N-dealkylation sites (tertiary alicyclic amines) is 1. The van der Waals surface area contributed by atoms with E-state index in [2.05, 4.69) is 46.5 Å². The molecule has 38 heavy (non-hydrogen) atoms. The van der Waals surface area contributed by atoms with E-state index < -0.39 is 0 Å². The molecule has 1 aromatic rings. The number of carbonyl (C=O) groups excluding carboxylic acids is 2. The van der Waals surface area contributed by atoms with Crippen molar-refractivity contribution in [2.45, 2.75) is 56.9 Å². The van der Waals surface area contributed by atoms with Gasteiger partial charge in [0.15, 0.2) is 0 Å². The number of rotatable bonds is 8. The zero-order valence-electron chi connectivity index (χ0n) is 23.2. The fourth-order valence-corrected chi connectivity index (χ4v) is 6.26. The zero-order valence-corrected chi connectivity index (χ0v) is 23.2. The zero-order chi connectivity index (χ0) is 27.3. The Hall–Kier alpha value is -2.90. The predicted octanol–water partition coefficient (Wildman–Crippen LogP) is 3.97. The normalized spacial score (nSPS) is 21.0. The maximum absolute atomic E-state index is 13.6. The Labute approximate surface area is 227 Å². The molecule has 0 aromatic heterocycles. The van der Waals surface area contributed by atoms with Gasteiger partial charge in [-0.2, -0.15) is 0 Å². The third kappa shape index (κ3) is 6.05. The highest BCUT2D eigenvalue weighted by molar-refractivity contribution is 5.98. The Morgan fingerprint density at radius 3 is 2.45 bits per heavy atom. The Morgan fingerprint density at radius 2 is 1.82 bits per heavy atom. The van der Waals surface area contributed by atoms with E-state index in [4.69, 9.17) is 5.11 Å². The third-order valence-corrected chi connectivity index (χ3v) is 8.67. The quantitative estimate of drug-likeness (QED) is 0.543. The van der Waals surface area contributed by atoms with Crippen LogP contribution in [0.15, 0.2) is 54.7 Å². The number of amides is 2. The van der Waals surface area contributed by atoms with E-state index >= 15 is 0 Å². The van der Waals surface area contributed by atoms with Crippen molar-refractivity contribution < 1.29 is 14.7 Å². The van der Waals surface area contributed by atoms with Crippen LogP contribution in [-0.4, -0.2) is 90.6 Å².